The molecule has 1 amide bonds. The average Bonchev–Trinajstić information content (AvgIpc) is 2.58. The van der Waals surface area contributed by atoms with E-state index in [0.717, 1.165) is 44.2 Å². The minimum absolute atomic E-state index is 0.222. The molecule has 1 fully saturated rings. The van der Waals surface area contributed by atoms with Gasteiger partial charge in [0.1, 0.15) is 12.4 Å². The lowest BCUT2D eigenvalue weighted by molar-refractivity contribution is -0.119. The maximum atomic E-state index is 11.2. The van der Waals surface area contributed by atoms with Crippen LogP contribution in [0.1, 0.15) is 26.2 Å². The molecule has 132 valence electrons. The molecule has 1 atom stereocenters. The first-order chi connectivity index (χ1) is 11.7. The molecule has 1 saturated heterocycles. The van der Waals surface area contributed by atoms with Crippen LogP contribution in [0.4, 0.5) is 0 Å². The first-order valence-corrected chi connectivity index (χ1v) is 8.68. The van der Waals surface area contributed by atoms with Crippen molar-refractivity contribution < 1.29 is 9.53 Å². The Balaban J connectivity index is 1.86. The largest absolute Gasteiger partial charge is 0.492 e. The van der Waals surface area contributed by atoms with Gasteiger partial charge in [0.15, 0.2) is 5.96 Å². The van der Waals surface area contributed by atoms with Crippen LogP contribution >= 0.6 is 0 Å². The summed E-state index contributed by atoms with van der Waals surface area (Å²) in [6.07, 6.45) is 2.56. The molecular weight excluding hydrogens is 304 g/mol. The third kappa shape index (κ3) is 6.10. The van der Waals surface area contributed by atoms with E-state index in [0.29, 0.717) is 25.5 Å². The number of carbonyl (C=O) groups is 1. The molecule has 6 heteroatoms. The quantitative estimate of drug-likeness (QED) is 0.452. The Morgan fingerprint density at radius 1 is 1.42 bits per heavy atom. The second kappa shape index (κ2) is 9.80. The Bertz CT molecular complexity index is 533. The molecule has 1 aromatic carbocycles. The topological polar surface area (TPSA) is 80.0 Å². The summed E-state index contributed by atoms with van der Waals surface area (Å²) in [6.45, 7) is 5.79. The molecule has 0 aromatic heterocycles. The zero-order chi connectivity index (χ0) is 17.2. The SMILES string of the molecule is CCNC(=NCCOc1ccccc1)N1CCCC(CC(N)=O)C1. The highest BCUT2D eigenvalue weighted by Gasteiger charge is 2.23. The van der Waals surface area contributed by atoms with Gasteiger partial charge in [-0.05, 0) is 37.8 Å². The van der Waals surface area contributed by atoms with E-state index < -0.39 is 0 Å². The monoisotopic (exact) mass is 332 g/mol. The first kappa shape index (κ1) is 18.1. The van der Waals surface area contributed by atoms with Gasteiger partial charge < -0.3 is 20.7 Å². The fourth-order valence-electron chi connectivity index (χ4n) is 2.97. The lowest BCUT2D eigenvalue weighted by Gasteiger charge is -2.34. The van der Waals surface area contributed by atoms with Crippen molar-refractivity contribution in [1.29, 1.82) is 0 Å². The van der Waals surface area contributed by atoms with Crippen LogP contribution in [-0.4, -0.2) is 49.6 Å². The predicted molar refractivity (Wildman–Crippen MR) is 96.0 cm³/mol. The lowest BCUT2D eigenvalue weighted by Crippen LogP contribution is -2.47. The van der Waals surface area contributed by atoms with Crippen molar-refractivity contribution in [2.75, 3.05) is 32.8 Å². The number of para-hydroxylation sites is 1. The van der Waals surface area contributed by atoms with Crippen molar-refractivity contribution in [3.63, 3.8) is 0 Å². The fraction of sp³-hybridized carbons (Fsp3) is 0.556. The van der Waals surface area contributed by atoms with Crippen molar-refractivity contribution in [2.24, 2.45) is 16.6 Å². The van der Waals surface area contributed by atoms with Crippen LogP contribution < -0.4 is 15.8 Å². The third-order valence-corrected chi connectivity index (χ3v) is 4.01. The number of likely N-dealkylation sites (tertiary alicyclic amines) is 1. The predicted octanol–water partition coefficient (Wildman–Crippen LogP) is 1.62. The Morgan fingerprint density at radius 3 is 2.92 bits per heavy atom. The molecule has 0 saturated carbocycles. The minimum atomic E-state index is -0.222. The molecule has 0 aliphatic carbocycles. The summed E-state index contributed by atoms with van der Waals surface area (Å²) in [5.41, 5.74) is 5.34. The zero-order valence-electron chi connectivity index (χ0n) is 14.4. The van der Waals surface area contributed by atoms with Gasteiger partial charge in [0.2, 0.25) is 5.91 Å². The van der Waals surface area contributed by atoms with Crippen LogP contribution in [0.5, 0.6) is 5.75 Å². The van der Waals surface area contributed by atoms with E-state index in [1.54, 1.807) is 0 Å². The van der Waals surface area contributed by atoms with Crippen molar-refractivity contribution in [3.05, 3.63) is 30.3 Å². The number of nitrogens with two attached hydrogens (primary N) is 1. The Morgan fingerprint density at radius 2 is 2.21 bits per heavy atom. The van der Waals surface area contributed by atoms with Crippen molar-refractivity contribution >= 4 is 11.9 Å². The molecule has 24 heavy (non-hydrogen) atoms. The molecule has 1 aliphatic rings. The Kier molecular flexibility index (Phi) is 7.39. The van der Waals surface area contributed by atoms with Gasteiger partial charge in [0.25, 0.3) is 0 Å². The van der Waals surface area contributed by atoms with Crippen molar-refractivity contribution in [2.45, 2.75) is 26.2 Å². The van der Waals surface area contributed by atoms with Crippen LogP contribution in [0.2, 0.25) is 0 Å². The molecule has 1 heterocycles. The van der Waals surface area contributed by atoms with Gasteiger partial charge in [-0.2, -0.15) is 0 Å². The van der Waals surface area contributed by atoms with Gasteiger partial charge >= 0.3 is 0 Å². The van der Waals surface area contributed by atoms with Gasteiger partial charge in [0, 0.05) is 26.1 Å². The summed E-state index contributed by atoms with van der Waals surface area (Å²) < 4.78 is 5.68. The highest BCUT2D eigenvalue weighted by molar-refractivity contribution is 5.80. The number of carbonyl (C=O) groups excluding carboxylic acids is 1. The van der Waals surface area contributed by atoms with E-state index >= 15 is 0 Å². The molecule has 0 radical (unpaired) electrons. The molecule has 0 bridgehead atoms. The summed E-state index contributed by atoms with van der Waals surface area (Å²) in [4.78, 5) is 18.0. The number of guanidine groups is 1. The fourth-order valence-corrected chi connectivity index (χ4v) is 2.97. The van der Waals surface area contributed by atoms with Gasteiger partial charge in [-0.3, -0.25) is 4.79 Å². The van der Waals surface area contributed by atoms with Crippen molar-refractivity contribution in [1.82, 2.24) is 10.2 Å². The number of amides is 1. The van der Waals surface area contributed by atoms with E-state index in [9.17, 15) is 4.79 Å². The number of piperidine rings is 1. The van der Waals surface area contributed by atoms with Crippen LogP contribution in [0.25, 0.3) is 0 Å². The van der Waals surface area contributed by atoms with Crippen LogP contribution in [0.15, 0.2) is 35.3 Å². The number of nitrogens with one attached hydrogen (secondary N) is 1. The van der Waals surface area contributed by atoms with Crippen molar-refractivity contribution in [3.8, 4) is 5.75 Å². The zero-order valence-corrected chi connectivity index (χ0v) is 14.4. The standard InChI is InChI=1S/C18H28N4O2/c1-2-20-18(21-10-12-24-16-8-4-3-5-9-16)22-11-6-7-15(14-22)13-17(19)23/h3-5,8-9,15H,2,6-7,10-14H2,1H3,(H2,19,23)(H,20,21). The molecular formula is C18H28N4O2. The van der Waals surface area contributed by atoms with Gasteiger partial charge in [0.05, 0.1) is 6.54 Å². The summed E-state index contributed by atoms with van der Waals surface area (Å²) in [6, 6.07) is 9.75. The number of aliphatic imine (C=N–C) groups is 1. The van der Waals surface area contributed by atoms with Gasteiger partial charge in [-0.25, -0.2) is 4.99 Å². The normalized spacial score (nSPS) is 18.3. The summed E-state index contributed by atoms with van der Waals surface area (Å²) in [5.74, 6) is 1.85. The molecule has 3 N–H and O–H groups in total. The molecule has 1 aliphatic heterocycles. The van der Waals surface area contributed by atoms with E-state index in [1.165, 1.54) is 0 Å². The Hall–Kier alpha value is -2.24. The molecule has 1 unspecified atom stereocenters. The second-order valence-electron chi connectivity index (χ2n) is 6.02. The summed E-state index contributed by atoms with van der Waals surface area (Å²) in [5, 5.41) is 3.33. The number of hydrogen-bond acceptors (Lipinski definition) is 3. The van der Waals surface area contributed by atoms with E-state index in [4.69, 9.17) is 10.5 Å². The summed E-state index contributed by atoms with van der Waals surface area (Å²) >= 11 is 0. The first-order valence-electron chi connectivity index (χ1n) is 8.68. The van der Waals surface area contributed by atoms with Crippen LogP contribution in [0, 0.1) is 5.92 Å². The van der Waals surface area contributed by atoms with E-state index in [1.807, 2.05) is 30.3 Å². The molecule has 6 nitrogen and oxygen atoms in total. The second-order valence-corrected chi connectivity index (χ2v) is 6.02. The smallest absolute Gasteiger partial charge is 0.217 e. The van der Waals surface area contributed by atoms with Crippen LogP contribution in [0.3, 0.4) is 0 Å². The van der Waals surface area contributed by atoms with E-state index in [2.05, 4.69) is 22.1 Å². The number of nitrogens with zero attached hydrogens (tertiary/aromatic N) is 2. The third-order valence-electron chi connectivity index (χ3n) is 4.01. The van der Waals surface area contributed by atoms with Gasteiger partial charge in [-0.15, -0.1) is 0 Å². The number of benzene rings is 1. The maximum absolute atomic E-state index is 11.2. The van der Waals surface area contributed by atoms with E-state index in [-0.39, 0.29) is 5.91 Å². The van der Waals surface area contributed by atoms with Gasteiger partial charge in [-0.1, -0.05) is 18.2 Å². The Labute approximate surface area is 144 Å². The summed E-state index contributed by atoms with van der Waals surface area (Å²) in [7, 11) is 0. The number of rotatable bonds is 7. The lowest BCUT2D eigenvalue weighted by atomic mass is 9.95. The number of primary amides is 1. The molecule has 0 spiro atoms. The maximum Gasteiger partial charge on any atom is 0.217 e. The molecule has 1 aromatic rings. The average molecular weight is 332 g/mol. The number of hydrogen-bond donors (Lipinski definition) is 2. The van der Waals surface area contributed by atoms with Crippen LogP contribution in [-0.2, 0) is 4.79 Å². The minimum Gasteiger partial charge on any atom is -0.492 e. The number of ether oxygens (including phenoxy) is 1. The highest BCUT2D eigenvalue weighted by atomic mass is 16.5. The molecule has 2 rings (SSSR count). The highest BCUT2D eigenvalue weighted by Crippen LogP contribution is 2.19.